The van der Waals surface area contributed by atoms with E-state index in [4.69, 9.17) is 0 Å². The van der Waals surface area contributed by atoms with Crippen LogP contribution < -0.4 is 0 Å². The average Bonchev–Trinajstić information content (AvgIpc) is 3.15. The Morgan fingerprint density at radius 1 is 1.29 bits per heavy atom. The van der Waals surface area contributed by atoms with Crippen LogP contribution in [0.5, 0.6) is 0 Å². The topological polar surface area (TPSA) is 49.7 Å². The predicted octanol–water partition coefficient (Wildman–Crippen LogP) is 3.43. The molecule has 1 fully saturated rings. The van der Waals surface area contributed by atoms with Crippen molar-refractivity contribution in [3.63, 3.8) is 0 Å². The molecule has 1 aliphatic heterocycles. The van der Waals surface area contributed by atoms with Crippen LogP contribution in [0.4, 0.5) is 0 Å². The molecule has 0 spiro atoms. The predicted molar refractivity (Wildman–Crippen MR) is 96.9 cm³/mol. The number of nitrogens with zero attached hydrogens (tertiary/aromatic N) is 4. The molecule has 0 amide bonds. The van der Waals surface area contributed by atoms with Gasteiger partial charge < -0.3 is 4.57 Å². The largest absolute Gasteiger partial charge is 0.338 e. The number of rotatable bonds is 5. The molecule has 1 saturated heterocycles. The number of aromatic amines is 1. The lowest BCUT2D eigenvalue weighted by molar-refractivity contribution is 0.130. The van der Waals surface area contributed by atoms with Crippen molar-refractivity contribution >= 4 is 0 Å². The van der Waals surface area contributed by atoms with E-state index in [9.17, 15) is 0 Å². The van der Waals surface area contributed by atoms with Gasteiger partial charge in [-0.2, -0.15) is 5.10 Å². The summed E-state index contributed by atoms with van der Waals surface area (Å²) in [5.41, 5.74) is 2.50. The zero-order valence-electron chi connectivity index (χ0n) is 15.5. The maximum Gasteiger partial charge on any atom is 0.108 e. The Morgan fingerprint density at radius 3 is 2.79 bits per heavy atom. The molecule has 3 rings (SSSR count). The van der Waals surface area contributed by atoms with Crippen LogP contribution in [0, 0.1) is 0 Å². The Balaban J connectivity index is 1.62. The van der Waals surface area contributed by atoms with Gasteiger partial charge in [0.1, 0.15) is 5.82 Å². The third-order valence-electron chi connectivity index (χ3n) is 5.14. The number of piperidine rings is 1. The van der Waals surface area contributed by atoms with Gasteiger partial charge in [0.05, 0.1) is 5.69 Å². The molecule has 5 heteroatoms. The molecule has 2 aromatic heterocycles. The van der Waals surface area contributed by atoms with Gasteiger partial charge in [0.15, 0.2) is 0 Å². The number of hydrogen-bond donors (Lipinski definition) is 1. The van der Waals surface area contributed by atoms with Gasteiger partial charge in [0, 0.05) is 49.6 Å². The van der Waals surface area contributed by atoms with Crippen LogP contribution in [-0.4, -0.2) is 37.2 Å². The first-order valence-corrected chi connectivity index (χ1v) is 9.18. The molecule has 3 heterocycles. The van der Waals surface area contributed by atoms with Crippen molar-refractivity contribution < 1.29 is 0 Å². The third kappa shape index (κ3) is 4.07. The molecule has 0 aromatic carbocycles. The van der Waals surface area contributed by atoms with Crippen LogP contribution in [0.3, 0.4) is 0 Å². The Hall–Kier alpha value is -1.62. The van der Waals surface area contributed by atoms with E-state index in [2.05, 4.69) is 58.5 Å². The van der Waals surface area contributed by atoms with Crippen LogP contribution in [-0.2, 0) is 25.4 Å². The Bertz CT molecular complexity index is 649. The van der Waals surface area contributed by atoms with Gasteiger partial charge in [0.2, 0.25) is 0 Å². The van der Waals surface area contributed by atoms with E-state index < -0.39 is 0 Å². The minimum absolute atomic E-state index is 0.105. The van der Waals surface area contributed by atoms with Gasteiger partial charge >= 0.3 is 0 Å². The maximum absolute atomic E-state index is 4.51. The van der Waals surface area contributed by atoms with Crippen LogP contribution in [0.2, 0.25) is 0 Å². The third-order valence-corrected chi connectivity index (χ3v) is 5.14. The van der Waals surface area contributed by atoms with Crippen LogP contribution in [0.15, 0.2) is 18.5 Å². The zero-order valence-corrected chi connectivity index (χ0v) is 15.5. The zero-order chi connectivity index (χ0) is 17.2. The molecule has 24 heavy (non-hydrogen) atoms. The van der Waals surface area contributed by atoms with Crippen LogP contribution in [0.25, 0.3) is 0 Å². The lowest BCUT2D eigenvalue weighted by Crippen LogP contribution is -2.39. The number of imidazole rings is 1. The first-order valence-electron chi connectivity index (χ1n) is 9.18. The SMILES string of the molecule is Cn1ccnc1CC[C@H]1CCCCN1Cc1cc(C(C)(C)C)n[nH]1. The number of nitrogens with one attached hydrogen (secondary N) is 1. The molecule has 1 aliphatic rings. The van der Waals surface area contributed by atoms with Gasteiger partial charge in [-0.1, -0.05) is 27.2 Å². The summed E-state index contributed by atoms with van der Waals surface area (Å²) in [6.45, 7) is 8.81. The second-order valence-electron chi connectivity index (χ2n) is 8.14. The molecule has 0 bridgehead atoms. The summed E-state index contributed by atoms with van der Waals surface area (Å²) >= 11 is 0. The van der Waals surface area contributed by atoms with Crippen molar-refractivity contribution in [2.24, 2.45) is 7.05 Å². The summed E-state index contributed by atoms with van der Waals surface area (Å²) < 4.78 is 2.14. The smallest absolute Gasteiger partial charge is 0.108 e. The standard InChI is InChI=1S/C19H31N5/c1-19(2,3)17-13-15(21-22-17)14-24-11-6-5-7-16(24)8-9-18-20-10-12-23(18)4/h10,12-13,16H,5-9,11,14H2,1-4H3,(H,21,22)/t16-/m1/s1. The van der Waals surface area contributed by atoms with Gasteiger partial charge in [0.25, 0.3) is 0 Å². The Morgan fingerprint density at radius 2 is 2.12 bits per heavy atom. The van der Waals surface area contributed by atoms with E-state index in [0.717, 1.165) is 18.7 Å². The van der Waals surface area contributed by atoms with Gasteiger partial charge in [-0.15, -0.1) is 0 Å². The molecule has 1 N–H and O–H groups in total. The van der Waals surface area contributed by atoms with Crippen molar-refractivity contribution in [2.45, 2.75) is 70.9 Å². The summed E-state index contributed by atoms with van der Waals surface area (Å²) in [4.78, 5) is 7.10. The van der Waals surface area contributed by atoms with Gasteiger partial charge in [-0.3, -0.25) is 10.00 Å². The second-order valence-corrected chi connectivity index (χ2v) is 8.14. The highest BCUT2D eigenvalue weighted by molar-refractivity contribution is 5.16. The van der Waals surface area contributed by atoms with E-state index >= 15 is 0 Å². The molecule has 0 unspecified atom stereocenters. The second kappa shape index (κ2) is 7.09. The Kier molecular flexibility index (Phi) is 5.09. The number of H-pyrrole nitrogens is 1. The number of likely N-dealkylation sites (tertiary alicyclic amines) is 1. The van der Waals surface area contributed by atoms with Gasteiger partial charge in [-0.05, 0) is 31.9 Å². The minimum Gasteiger partial charge on any atom is -0.338 e. The number of hydrogen-bond acceptors (Lipinski definition) is 3. The van der Waals surface area contributed by atoms with Crippen molar-refractivity contribution in [1.82, 2.24) is 24.6 Å². The van der Waals surface area contributed by atoms with Crippen molar-refractivity contribution in [3.8, 4) is 0 Å². The van der Waals surface area contributed by atoms with Crippen molar-refractivity contribution in [2.75, 3.05) is 6.54 Å². The molecule has 1 atom stereocenters. The molecule has 132 valence electrons. The summed E-state index contributed by atoms with van der Waals surface area (Å²) in [6.07, 6.45) is 10.1. The number of aromatic nitrogens is 4. The minimum atomic E-state index is 0.105. The highest BCUT2D eigenvalue weighted by Crippen LogP contribution is 2.25. The van der Waals surface area contributed by atoms with E-state index in [1.165, 1.54) is 43.7 Å². The molecule has 5 nitrogen and oxygen atoms in total. The normalized spacial score (nSPS) is 19.8. The van der Waals surface area contributed by atoms with Crippen molar-refractivity contribution in [1.29, 1.82) is 0 Å². The summed E-state index contributed by atoms with van der Waals surface area (Å²) in [5, 5.41) is 7.76. The Labute approximate surface area is 145 Å². The molecular weight excluding hydrogens is 298 g/mol. The number of aryl methyl sites for hydroxylation is 2. The van der Waals surface area contributed by atoms with E-state index in [-0.39, 0.29) is 5.41 Å². The molecule has 0 aliphatic carbocycles. The highest BCUT2D eigenvalue weighted by Gasteiger charge is 2.24. The average molecular weight is 329 g/mol. The monoisotopic (exact) mass is 329 g/mol. The van der Waals surface area contributed by atoms with Crippen molar-refractivity contribution in [3.05, 3.63) is 35.7 Å². The molecule has 0 radical (unpaired) electrons. The lowest BCUT2D eigenvalue weighted by atomic mass is 9.92. The maximum atomic E-state index is 4.51. The summed E-state index contributed by atoms with van der Waals surface area (Å²) in [7, 11) is 2.08. The molecule has 2 aromatic rings. The van der Waals surface area contributed by atoms with E-state index in [0.29, 0.717) is 6.04 Å². The van der Waals surface area contributed by atoms with Crippen LogP contribution >= 0.6 is 0 Å². The van der Waals surface area contributed by atoms with Gasteiger partial charge in [-0.25, -0.2) is 4.98 Å². The fourth-order valence-electron chi connectivity index (χ4n) is 3.57. The van der Waals surface area contributed by atoms with Crippen LogP contribution in [0.1, 0.15) is 63.7 Å². The molecule has 0 saturated carbocycles. The highest BCUT2D eigenvalue weighted by atomic mass is 15.2. The fourth-order valence-corrected chi connectivity index (χ4v) is 3.57. The summed E-state index contributed by atoms with van der Waals surface area (Å²) in [6, 6.07) is 2.89. The first kappa shape index (κ1) is 17.2. The van der Waals surface area contributed by atoms with E-state index in [1.807, 2.05) is 12.4 Å². The summed E-state index contributed by atoms with van der Waals surface area (Å²) in [5.74, 6) is 1.19. The quantitative estimate of drug-likeness (QED) is 0.914. The first-order chi connectivity index (χ1) is 11.4. The van der Waals surface area contributed by atoms with E-state index in [1.54, 1.807) is 0 Å². The lowest BCUT2D eigenvalue weighted by Gasteiger charge is -2.35. The molecular formula is C19H31N5. The fraction of sp³-hybridized carbons (Fsp3) is 0.684.